The number of benzene rings is 3. The lowest BCUT2D eigenvalue weighted by Crippen LogP contribution is -2.37. The molecule has 10 heteroatoms. The van der Waals surface area contributed by atoms with Gasteiger partial charge in [0.1, 0.15) is 27.7 Å². The van der Waals surface area contributed by atoms with Gasteiger partial charge in [-0.15, -0.1) is 0 Å². The molecule has 2 N–H and O–H groups in total. The zero-order valence-corrected chi connectivity index (χ0v) is 28.5. The minimum Gasteiger partial charge on any atom is -0.481 e. The fraction of sp³-hybridized carbons (Fsp3) is 0.175. The summed E-state index contributed by atoms with van der Waals surface area (Å²) in [6, 6.07) is 35.8. The van der Waals surface area contributed by atoms with E-state index in [1.165, 1.54) is 0 Å². The fourth-order valence-electron chi connectivity index (χ4n) is 6.46. The molecule has 1 unspecified atom stereocenters. The second kappa shape index (κ2) is 13.2. The largest absolute Gasteiger partial charge is 0.481 e. The van der Waals surface area contributed by atoms with Crippen molar-refractivity contribution in [3.63, 3.8) is 0 Å². The molecule has 4 heterocycles. The van der Waals surface area contributed by atoms with Crippen molar-refractivity contribution in [1.82, 2.24) is 24.5 Å². The Hall–Kier alpha value is -5.80. The molecule has 3 aromatic carbocycles. The molecule has 7 rings (SSSR count). The third-order valence-electron chi connectivity index (χ3n) is 8.89. The summed E-state index contributed by atoms with van der Waals surface area (Å²) in [5.41, 5.74) is 3.90. The number of hydrogen-bond acceptors (Lipinski definition) is 7. The van der Waals surface area contributed by atoms with Crippen molar-refractivity contribution in [3.8, 4) is 22.8 Å². The fourth-order valence-corrected chi connectivity index (χ4v) is 6.60. The summed E-state index contributed by atoms with van der Waals surface area (Å²) in [5.74, 6) is 0.402. The van der Waals surface area contributed by atoms with Crippen molar-refractivity contribution in [2.24, 2.45) is 5.41 Å². The number of carbonyl (C=O) groups is 1. The van der Waals surface area contributed by atoms with E-state index in [0.29, 0.717) is 39.8 Å². The van der Waals surface area contributed by atoms with Crippen LogP contribution in [0.4, 0.5) is 5.82 Å². The SMILES string of the molecule is CC(C)(C)C(CC(=O)O)Nc1cc(-c2ccco2)nc(-c2cn(C(c3ccccc3)(c3ccccc3)c3ccccc3)c3ncc(Cl)nc23)n1. The Labute approximate surface area is 294 Å². The molecule has 0 aliphatic rings. The van der Waals surface area contributed by atoms with Gasteiger partial charge in [-0.1, -0.05) is 123 Å². The summed E-state index contributed by atoms with van der Waals surface area (Å²) < 4.78 is 7.90. The highest BCUT2D eigenvalue weighted by Gasteiger charge is 2.40. The maximum Gasteiger partial charge on any atom is 0.305 e. The molecule has 250 valence electrons. The number of fused-ring (bicyclic) bond motifs is 1. The minimum atomic E-state index is -0.912. The van der Waals surface area contributed by atoms with Crippen LogP contribution >= 0.6 is 11.6 Å². The van der Waals surface area contributed by atoms with Crippen LogP contribution in [-0.2, 0) is 10.3 Å². The van der Waals surface area contributed by atoms with E-state index >= 15 is 0 Å². The first-order chi connectivity index (χ1) is 24.1. The van der Waals surface area contributed by atoms with Crippen LogP contribution in [0.1, 0.15) is 43.9 Å². The van der Waals surface area contributed by atoms with Gasteiger partial charge in [-0.05, 0) is 34.2 Å². The summed E-state index contributed by atoms with van der Waals surface area (Å²) >= 11 is 6.56. The summed E-state index contributed by atoms with van der Waals surface area (Å²) in [6.07, 6.45) is 5.01. The number of furan rings is 1. The van der Waals surface area contributed by atoms with E-state index in [-0.39, 0.29) is 11.6 Å². The number of halogens is 1. The molecule has 4 aromatic heterocycles. The molecule has 0 amide bonds. The minimum absolute atomic E-state index is 0.104. The standard InChI is InChI=1S/C40H35ClN6O3/c1-39(2,3)32(23-35(48)49)44-34-22-30(31-20-13-21-50-31)43-37(46-34)29-25-47(38-36(29)45-33(41)24-42-38)40(26-14-7-4-8-15-26,27-16-9-5-10-17-27)28-18-11-6-12-19-28/h4-22,24-25,32H,23H2,1-3H3,(H,48,49)(H,43,44,46). The average molecular weight is 683 g/mol. The highest BCUT2D eigenvalue weighted by Crippen LogP contribution is 2.44. The highest BCUT2D eigenvalue weighted by molar-refractivity contribution is 6.29. The number of nitrogens with one attached hydrogen (secondary N) is 1. The zero-order valence-electron chi connectivity index (χ0n) is 27.8. The Morgan fingerprint density at radius 3 is 1.98 bits per heavy atom. The van der Waals surface area contributed by atoms with Gasteiger partial charge in [0.05, 0.1) is 24.4 Å². The van der Waals surface area contributed by atoms with Crippen molar-refractivity contribution in [1.29, 1.82) is 0 Å². The molecule has 7 aromatic rings. The molecule has 0 bridgehead atoms. The van der Waals surface area contributed by atoms with Gasteiger partial charge in [-0.25, -0.2) is 19.9 Å². The molecular weight excluding hydrogens is 648 g/mol. The normalized spacial score (nSPS) is 12.6. The number of aliphatic carboxylic acids is 1. The number of carboxylic acid groups (broad SMARTS) is 1. The monoisotopic (exact) mass is 682 g/mol. The predicted octanol–water partition coefficient (Wildman–Crippen LogP) is 8.94. The lowest BCUT2D eigenvalue weighted by molar-refractivity contribution is -0.137. The summed E-state index contributed by atoms with van der Waals surface area (Å²) in [6.45, 7) is 5.97. The van der Waals surface area contributed by atoms with Crippen LogP contribution in [0, 0.1) is 5.41 Å². The van der Waals surface area contributed by atoms with Gasteiger partial charge in [0.2, 0.25) is 0 Å². The van der Waals surface area contributed by atoms with Crippen LogP contribution in [-0.4, -0.2) is 41.6 Å². The van der Waals surface area contributed by atoms with Crippen molar-refractivity contribution in [2.45, 2.75) is 38.8 Å². The van der Waals surface area contributed by atoms with Crippen molar-refractivity contribution >= 4 is 34.6 Å². The number of carboxylic acids is 1. The smallest absolute Gasteiger partial charge is 0.305 e. The van der Waals surface area contributed by atoms with E-state index in [4.69, 9.17) is 36.0 Å². The Bertz CT molecular complexity index is 2150. The van der Waals surface area contributed by atoms with Crippen molar-refractivity contribution in [2.75, 3.05) is 5.32 Å². The van der Waals surface area contributed by atoms with Gasteiger partial charge in [-0.2, -0.15) is 0 Å². The molecule has 1 atom stereocenters. The van der Waals surface area contributed by atoms with Crippen LogP contribution in [0.3, 0.4) is 0 Å². The summed E-state index contributed by atoms with van der Waals surface area (Å²) in [4.78, 5) is 31.6. The van der Waals surface area contributed by atoms with E-state index in [2.05, 4.69) is 46.3 Å². The van der Waals surface area contributed by atoms with Gasteiger partial charge in [0.15, 0.2) is 17.2 Å². The van der Waals surface area contributed by atoms with E-state index in [1.807, 2.05) is 87.6 Å². The van der Waals surface area contributed by atoms with Crippen molar-refractivity contribution in [3.05, 3.63) is 150 Å². The first-order valence-corrected chi connectivity index (χ1v) is 16.6. The quantitative estimate of drug-likeness (QED) is 0.137. The van der Waals surface area contributed by atoms with Gasteiger partial charge >= 0.3 is 5.97 Å². The topological polar surface area (TPSA) is 119 Å². The van der Waals surface area contributed by atoms with Crippen LogP contribution < -0.4 is 5.32 Å². The Kier molecular flexibility index (Phi) is 8.67. The zero-order chi connectivity index (χ0) is 34.9. The van der Waals surface area contributed by atoms with E-state index in [1.54, 1.807) is 24.6 Å². The third kappa shape index (κ3) is 6.12. The number of aromatic nitrogens is 5. The van der Waals surface area contributed by atoms with Gasteiger partial charge < -0.3 is 19.4 Å². The molecule has 0 saturated heterocycles. The summed E-state index contributed by atoms with van der Waals surface area (Å²) in [7, 11) is 0. The molecule has 0 fully saturated rings. The van der Waals surface area contributed by atoms with E-state index in [9.17, 15) is 9.90 Å². The number of anilines is 1. The van der Waals surface area contributed by atoms with E-state index < -0.39 is 23.0 Å². The lowest BCUT2D eigenvalue weighted by Gasteiger charge is -2.38. The summed E-state index contributed by atoms with van der Waals surface area (Å²) in [5, 5.41) is 13.4. The van der Waals surface area contributed by atoms with Crippen LogP contribution in [0.5, 0.6) is 0 Å². The van der Waals surface area contributed by atoms with Crippen LogP contribution in [0.25, 0.3) is 34.0 Å². The molecule has 50 heavy (non-hydrogen) atoms. The number of nitrogens with zero attached hydrogens (tertiary/aromatic N) is 5. The maximum atomic E-state index is 11.9. The first kappa shape index (κ1) is 32.7. The first-order valence-electron chi connectivity index (χ1n) is 16.3. The average Bonchev–Trinajstić information content (AvgIpc) is 3.79. The molecule has 0 radical (unpaired) electrons. The van der Waals surface area contributed by atoms with Gasteiger partial charge in [0.25, 0.3) is 0 Å². The van der Waals surface area contributed by atoms with Gasteiger partial charge in [0, 0.05) is 18.3 Å². The molecule has 0 aliphatic carbocycles. The van der Waals surface area contributed by atoms with Crippen LogP contribution in [0.2, 0.25) is 5.15 Å². The Morgan fingerprint density at radius 2 is 1.46 bits per heavy atom. The number of rotatable bonds is 10. The van der Waals surface area contributed by atoms with Gasteiger partial charge in [-0.3, -0.25) is 4.79 Å². The number of hydrogen-bond donors (Lipinski definition) is 2. The predicted molar refractivity (Wildman–Crippen MR) is 195 cm³/mol. The lowest BCUT2D eigenvalue weighted by atomic mass is 9.76. The molecule has 0 saturated carbocycles. The molecular formula is C40H35ClN6O3. The highest BCUT2D eigenvalue weighted by atomic mass is 35.5. The van der Waals surface area contributed by atoms with Crippen molar-refractivity contribution < 1.29 is 14.3 Å². The third-order valence-corrected chi connectivity index (χ3v) is 9.07. The Balaban J connectivity index is 1.54. The van der Waals surface area contributed by atoms with E-state index in [0.717, 1.165) is 16.7 Å². The molecule has 0 spiro atoms. The molecule has 0 aliphatic heterocycles. The van der Waals surface area contributed by atoms with Crippen LogP contribution in [0.15, 0.2) is 132 Å². The second-order valence-corrected chi connectivity index (χ2v) is 13.6. The maximum absolute atomic E-state index is 11.9. The second-order valence-electron chi connectivity index (χ2n) is 13.2. The molecule has 9 nitrogen and oxygen atoms in total. The Morgan fingerprint density at radius 1 is 0.860 bits per heavy atom.